The van der Waals surface area contributed by atoms with E-state index in [-0.39, 0.29) is 11.1 Å². The minimum absolute atomic E-state index is 0.0389. The fourth-order valence-electron chi connectivity index (χ4n) is 0.937. The highest BCUT2D eigenvalue weighted by Crippen LogP contribution is 2.23. The van der Waals surface area contributed by atoms with E-state index in [9.17, 15) is 22.8 Å². The molecule has 0 spiro atoms. The van der Waals surface area contributed by atoms with Crippen LogP contribution in [0, 0.1) is 0 Å². The molecule has 0 bridgehead atoms. The van der Waals surface area contributed by atoms with E-state index < -0.39 is 37.2 Å². The lowest BCUT2D eigenvalue weighted by atomic mass is 10.2. The molecule has 0 radical (unpaired) electrons. The zero-order valence-electron chi connectivity index (χ0n) is 10.7. The molecule has 0 amide bonds. The Morgan fingerprint density at radius 2 is 1.58 bits per heavy atom. The summed E-state index contributed by atoms with van der Waals surface area (Å²) in [6.45, 7) is 8.48. The Morgan fingerprint density at radius 3 is 1.95 bits per heavy atom. The van der Waals surface area contributed by atoms with Crippen LogP contribution in [0.1, 0.15) is 20.3 Å². The Kier molecular flexibility index (Phi) is 6.31. The van der Waals surface area contributed by atoms with Gasteiger partial charge in [0.2, 0.25) is 0 Å². The highest BCUT2D eigenvalue weighted by atomic mass is 19.4. The molecule has 19 heavy (non-hydrogen) atoms. The van der Waals surface area contributed by atoms with E-state index >= 15 is 0 Å². The number of ether oxygens (including phenoxy) is 2. The van der Waals surface area contributed by atoms with Gasteiger partial charge in [-0.25, -0.2) is 9.59 Å². The molecular weight excluding hydrogens is 265 g/mol. The molecule has 0 aromatic carbocycles. The smallest absolute Gasteiger partial charge is 0.392 e. The van der Waals surface area contributed by atoms with Gasteiger partial charge in [-0.2, -0.15) is 13.2 Å². The molecule has 0 rings (SSSR count). The summed E-state index contributed by atoms with van der Waals surface area (Å²) in [5, 5.41) is 0. The summed E-state index contributed by atoms with van der Waals surface area (Å²) in [6, 6.07) is 0. The molecule has 1 atom stereocenters. The highest BCUT2D eigenvalue weighted by Gasteiger charge is 2.34. The molecule has 0 aliphatic carbocycles. The fourth-order valence-corrected chi connectivity index (χ4v) is 0.937. The van der Waals surface area contributed by atoms with Gasteiger partial charge < -0.3 is 9.47 Å². The van der Waals surface area contributed by atoms with Gasteiger partial charge in [-0.05, 0) is 13.8 Å². The lowest BCUT2D eigenvalue weighted by molar-refractivity contribution is -0.179. The predicted molar refractivity (Wildman–Crippen MR) is 61.1 cm³/mol. The fraction of sp³-hybridized carbons (Fsp3) is 0.500. The first-order valence-electron chi connectivity index (χ1n) is 5.28. The summed E-state index contributed by atoms with van der Waals surface area (Å²) < 4.78 is 45.9. The summed E-state index contributed by atoms with van der Waals surface area (Å²) >= 11 is 0. The second-order valence-electron chi connectivity index (χ2n) is 4.01. The number of carbonyl (C=O) groups excluding carboxylic acids is 2. The molecular formula is C12H15F3O4. The van der Waals surface area contributed by atoms with Crippen molar-refractivity contribution in [1.29, 1.82) is 0 Å². The third kappa shape index (κ3) is 8.01. The molecule has 0 aromatic heterocycles. The third-order valence-electron chi connectivity index (χ3n) is 1.83. The van der Waals surface area contributed by atoms with Gasteiger partial charge in [-0.15, -0.1) is 0 Å². The molecule has 7 heteroatoms. The summed E-state index contributed by atoms with van der Waals surface area (Å²) in [5.74, 6) is -1.82. The predicted octanol–water partition coefficient (Wildman–Crippen LogP) is 2.55. The molecule has 0 saturated heterocycles. The maximum absolute atomic E-state index is 12.3. The SMILES string of the molecule is C=C(C)C(=O)OCC(CC(F)(F)F)OC(=O)C(=C)C. The molecule has 0 saturated carbocycles. The van der Waals surface area contributed by atoms with Crippen LogP contribution >= 0.6 is 0 Å². The lowest BCUT2D eigenvalue weighted by Crippen LogP contribution is -2.30. The monoisotopic (exact) mass is 280 g/mol. The van der Waals surface area contributed by atoms with E-state index in [1.54, 1.807) is 0 Å². The van der Waals surface area contributed by atoms with E-state index in [1.165, 1.54) is 13.8 Å². The summed E-state index contributed by atoms with van der Waals surface area (Å²) in [5.41, 5.74) is -0.00427. The van der Waals surface area contributed by atoms with Gasteiger partial charge in [0.1, 0.15) is 12.7 Å². The van der Waals surface area contributed by atoms with Gasteiger partial charge in [-0.1, -0.05) is 13.2 Å². The van der Waals surface area contributed by atoms with Crippen molar-refractivity contribution in [3.8, 4) is 0 Å². The summed E-state index contributed by atoms with van der Waals surface area (Å²) in [4.78, 5) is 22.2. The summed E-state index contributed by atoms with van der Waals surface area (Å²) in [6.07, 6.45) is -7.56. The van der Waals surface area contributed by atoms with Crippen LogP contribution in [0.15, 0.2) is 24.3 Å². The molecule has 0 heterocycles. The zero-order valence-corrected chi connectivity index (χ0v) is 10.7. The van der Waals surface area contributed by atoms with Crippen LogP contribution in [0.3, 0.4) is 0 Å². The Morgan fingerprint density at radius 1 is 1.11 bits per heavy atom. The number of carbonyl (C=O) groups is 2. The van der Waals surface area contributed by atoms with Gasteiger partial charge in [0, 0.05) is 11.1 Å². The Labute approximate surface area is 108 Å². The molecule has 1 unspecified atom stereocenters. The van der Waals surface area contributed by atoms with Crippen LogP contribution in [-0.2, 0) is 19.1 Å². The van der Waals surface area contributed by atoms with E-state index in [0.29, 0.717) is 0 Å². The van der Waals surface area contributed by atoms with Gasteiger partial charge in [0.05, 0.1) is 6.42 Å². The van der Waals surface area contributed by atoms with Gasteiger partial charge in [-0.3, -0.25) is 0 Å². The number of esters is 2. The van der Waals surface area contributed by atoms with Gasteiger partial charge in [0.15, 0.2) is 0 Å². The minimum Gasteiger partial charge on any atom is -0.458 e. The zero-order chi connectivity index (χ0) is 15.2. The molecule has 108 valence electrons. The quantitative estimate of drug-likeness (QED) is 0.554. The number of hydrogen-bond donors (Lipinski definition) is 0. The Bertz CT molecular complexity index is 385. The minimum atomic E-state index is -4.55. The van der Waals surface area contributed by atoms with E-state index in [4.69, 9.17) is 0 Å². The Hall–Kier alpha value is -1.79. The van der Waals surface area contributed by atoms with Crippen LogP contribution in [0.25, 0.3) is 0 Å². The average molecular weight is 280 g/mol. The van der Waals surface area contributed by atoms with Crippen molar-refractivity contribution in [1.82, 2.24) is 0 Å². The van der Waals surface area contributed by atoms with Crippen LogP contribution in [0.2, 0.25) is 0 Å². The van der Waals surface area contributed by atoms with Gasteiger partial charge in [0.25, 0.3) is 0 Å². The van der Waals surface area contributed by atoms with Crippen molar-refractivity contribution >= 4 is 11.9 Å². The largest absolute Gasteiger partial charge is 0.458 e. The number of rotatable bonds is 6. The molecule has 0 aliphatic heterocycles. The molecule has 0 N–H and O–H groups in total. The maximum atomic E-state index is 12.3. The normalized spacial score (nSPS) is 12.5. The lowest BCUT2D eigenvalue weighted by Gasteiger charge is -2.19. The summed E-state index contributed by atoms with van der Waals surface area (Å²) in [7, 11) is 0. The van der Waals surface area contributed by atoms with Crippen molar-refractivity contribution in [3.05, 3.63) is 24.3 Å². The van der Waals surface area contributed by atoms with Crippen LogP contribution < -0.4 is 0 Å². The second-order valence-corrected chi connectivity index (χ2v) is 4.01. The Balaban J connectivity index is 4.59. The van der Waals surface area contributed by atoms with Crippen molar-refractivity contribution in [2.75, 3.05) is 6.61 Å². The molecule has 0 aromatic rings. The van der Waals surface area contributed by atoms with Crippen LogP contribution in [-0.4, -0.2) is 30.8 Å². The van der Waals surface area contributed by atoms with Gasteiger partial charge >= 0.3 is 18.1 Å². The van der Waals surface area contributed by atoms with Crippen LogP contribution in [0.4, 0.5) is 13.2 Å². The van der Waals surface area contributed by atoms with E-state index in [2.05, 4.69) is 22.6 Å². The number of hydrogen-bond acceptors (Lipinski definition) is 4. The van der Waals surface area contributed by atoms with Crippen LogP contribution in [0.5, 0.6) is 0 Å². The first-order chi connectivity index (χ1) is 8.53. The van der Waals surface area contributed by atoms with E-state index in [1.807, 2.05) is 0 Å². The molecule has 4 nitrogen and oxygen atoms in total. The third-order valence-corrected chi connectivity index (χ3v) is 1.83. The second kappa shape index (κ2) is 6.96. The number of halogens is 3. The van der Waals surface area contributed by atoms with Crippen molar-refractivity contribution in [3.63, 3.8) is 0 Å². The average Bonchev–Trinajstić information content (AvgIpc) is 2.22. The number of alkyl halides is 3. The first kappa shape index (κ1) is 17.2. The van der Waals surface area contributed by atoms with Crippen molar-refractivity contribution in [2.45, 2.75) is 32.5 Å². The van der Waals surface area contributed by atoms with Crippen molar-refractivity contribution < 1.29 is 32.2 Å². The topological polar surface area (TPSA) is 52.6 Å². The maximum Gasteiger partial charge on any atom is 0.392 e. The molecule has 0 fully saturated rings. The standard InChI is InChI=1S/C12H15F3O4/c1-7(2)10(16)18-6-9(5-12(13,14)15)19-11(17)8(3)4/h9H,1,3,5-6H2,2,4H3. The highest BCUT2D eigenvalue weighted by molar-refractivity contribution is 5.87. The molecule has 0 aliphatic rings. The van der Waals surface area contributed by atoms with Crippen molar-refractivity contribution in [2.24, 2.45) is 0 Å². The first-order valence-corrected chi connectivity index (χ1v) is 5.28. The van der Waals surface area contributed by atoms with E-state index in [0.717, 1.165) is 0 Å².